The van der Waals surface area contributed by atoms with Crippen LogP contribution in [0.5, 0.6) is 0 Å². The Hall–Kier alpha value is -1.59. The fourth-order valence-electron chi connectivity index (χ4n) is 1.35. The molecule has 1 heterocycles. The second kappa shape index (κ2) is 7.65. The number of nitrogens with one attached hydrogen (secondary N) is 1. The minimum absolute atomic E-state index is 0.0101. The van der Waals surface area contributed by atoms with Crippen LogP contribution in [0.25, 0.3) is 6.08 Å². The van der Waals surface area contributed by atoms with Crippen molar-refractivity contribution in [1.82, 2.24) is 5.32 Å². The first kappa shape index (κ1) is 13.5. The molecule has 0 aromatic carbocycles. The predicted molar refractivity (Wildman–Crippen MR) is 63.3 cm³/mol. The van der Waals surface area contributed by atoms with E-state index in [0.29, 0.717) is 18.8 Å². The molecule has 0 fully saturated rings. The van der Waals surface area contributed by atoms with Crippen molar-refractivity contribution >= 4 is 12.0 Å². The van der Waals surface area contributed by atoms with Crippen molar-refractivity contribution in [3.63, 3.8) is 0 Å². The highest BCUT2D eigenvalue weighted by molar-refractivity contribution is 5.91. The van der Waals surface area contributed by atoms with E-state index in [9.17, 15) is 4.79 Å². The van der Waals surface area contributed by atoms with Gasteiger partial charge in [-0.15, -0.1) is 0 Å². The fraction of sp³-hybridized carbons (Fsp3) is 0.417. The lowest BCUT2D eigenvalue weighted by Crippen LogP contribution is -2.37. The Labute approximate surface area is 100 Å². The minimum atomic E-state index is -0.239. The van der Waals surface area contributed by atoms with Gasteiger partial charge in [0, 0.05) is 19.8 Å². The first-order valence-corrected chi connectivity index (χ1v) is 5.38. The van der Waals surface area contributed by atoms with Gasteiger partial charge in [0.25, 0.3) is 0 Å². The Morgan fingerprint density at radius 2 is 2.53 bits per heavy atom. The van der Waals surface area contributed by atoms with Gasteiger partial charge < -0.3 is 19.6 Å². The van der Waals surface area contributed by atoms with Crippen LogP contribution in [0.2, 0.25) is 0 Å². The van der Waals surface area contributed by atoms with Crippen LogP contribution >= 0.6 is 0 Å². The van der Waals surface area contributed by atoms with Gasteiger partial charge in [-0.3, -0.25) is 4.79 Å². The van der Waals surface area contributed by atoms with Crippen LogP contribution in [0, 0.1) is 0 Å². The van der Waals surface area contributed by atoms with Gasteiger partial charge in [0.1, 0.15) is 5.76 Å². The van der Waals surface area contributed by atoms with Crippen LogP contribution in [0.1, 0.15) is 12.2 Å². The van der Waals surface area contributed by atoms with Gasteiger partial charge in [-0.05, 0) is 24.6 Å². The van der Waals surface area contributed by atoms with Gasteiger partial charge in [-0.1, -0.05) is 0 Å². The van der Waals surface area contributed by atoms with Crippen LogP contribution in [0.4, 0.5) is 0 Å². The van der Waals surface area contributed by atoms with Crippen molar-refractivity contribution in [2.75, 3.05) is 20.3 Å². The van der Waals surface area contributed by atoms with Crippen molar-refractivity contribution in [3.05, 3.63) is 30.2 Å². The maximum atomic E-state index is 11.5. The minimum Gasteiger partial charge on any atom is -0.465 e. The fourth-order valence-corrected chi connectivity index (χ4v) is 1.35. The van der Waals surface area contributed by atoms with Crippen LogP contribution in [0.15, 0.2) is 28.9 Å². The average molecular weight is 239 g/mol. The number of aliphatic hydroxyl groups excluding tert-OH is 1. The molecule has 1 aromatic rings. The molecule has 5 nitrogen and oxygen atoms in total. The molecule has 2 N–H and O–H groups in total. The molecule has 1 amide bonds. The zero-order valence-corrected chi connectivity index (χ0v) is 9.76. The van der Waals surface area contributed by atoms with E-state index in [0.717, 1.165) is 0 Å². The van der Waals surface area contributed by atoms with E-state index in [1.807, 2.05) is 0 Å². The number of carbonyl (C=O) groups is 1. The monoisotopic (exact) mass is 239 g/mol. The molecule has 0 aliphatic rings. The van der Waals surface area contributed by atoms with E-state index in [2.05, 4.69) is 5.32 Å². The van der Waals surface area contributed by atoms with Gasteiger partial charge in [-0.25, -0.2) is 0 Å². The van der Waals surface area contributed by atoms with Gasteiger partial charge in [0.15, 0.2) is 0 Å². The van der Waals surface area contributed by atoms with Crippen LogP contribution in [-0.4, -0.2) is 37.4 Å². The van der Waals surface area contributed by atoms with E-state index < -0.39 is 0 Å². The van der Waals surface area contributed by atoms with Gasteiger partial charge in [-0.2, -0.15) is 0 Å². The molecule has 1 unspecified atom stereocenters. The SMILES string of the molecule is COCC(CCO)NC(=O)/C=C/c1ccco1. The molecule has 0 aliphatic carbocycles. The van der Waals surface area contributed by atoms with Gasteiger partial charge in [0.2, 0.25) is 5.91 Å². The lowest BCUT2D eigenvalue weighted by atomic mass is 10.2. The Morgan fingerprint density at radius 3 is 3.12 bits per heavy atom. The number of hydrogen-bond acceptors (Lipinski definition) is 4. The average Bonchev–Trinajstić information content (AvgIpc) is 2.80. The van der Waals surface area contributed by atoms with Crippen LogP contribution in [0.3, 0.4) is 0 Å². The zero-order chi connectivity index (χ0) is 12.5. The number of amides is 1. The standard InChI is InChI=1S/C12H17NO4/c1-16-9-10(6-7-14)13-12(15)5-4-11-3-2-8-17-11/h2-5,8,10,14H,6-7,9H2,1H3,(H,13,15)/b5-4+. The van der Waals surface area contributed by atoms with Crippen LogP contribution in [-0.2, 0) is 9.53 Å². The van der Waals surface area contributed by atoms with E-state index in [4.69, 9.17) is 14.3 Å². The third-order valence-corrected chi connectivity index (χ3v) is 2.13. The highest BCUT2D eigenvalue weighted by atomic mass is 16.5. The summed E-state index contributed by atoms with van der Waals surface area (Å²) in [6, 6.07) is 3.32. The van der Waals surface area contributed by atoms with E-state index in [-0.39, 0.29) is 18.6 Å². The van der Waals surface area contributed by atoms with Gasteiger partial charge in [0.05, 0.1) is 18.9 Å². The molecule has 17 heavy (non-hydrogen) atoms. The van der Waals surface area contributed by atoms with Crippen molar-refractivity contribution in [1.29, 1.82) is 0 Å². The van der Waals surface area contributed by atoms with Crippen molar-refractivity contribution in [2.24, 2.45) is 0 Å². The normalized spacial score (nSPS) is 12.8. The summed E-state index contributed by atoms with van der Waals surface area (Å²) in [5.41, 5.74) is 0. The Morgan fingerprint density at radius 1 is 1.71 bits per heavy atom. The smallest absolute Gasteiger partial charge is 0.244 e. The highest BCUT2D eigenvalue weighted by Crippen LogP contribution is 2.02. The van der Waals surface area contributed by atoms with E-state index in [1.54, 1.807) is 25.3 Å². The van der Waals surface area contributed by atoms with Crippen molar-refractivity contribution < 1.29 is 19.1 Å². The quantitative estimate of drug-likeness (QED) is 0.691. The molecule has 0 spiro atoms. The second-order valence-electron chi connectivity index (χ2n) is 3.52. The van der Waals surface area contributed by atoms with Gasteiger partial charge >= 0.3 is 0 Å². The summed E-state index contributed by atoms with van der Waals surface area (Å²) >= 11 is 0. The molecule has 1 atom stereocenters. The number of aliphatic hydroxyl groups is 1. The largest absolute Gasteiger partial charge is 0.465 e. The van der Waals surface area contributed by atoms with E-state index >= 15 is 0 Å². The molecule has 1 rings (SSSR count). The first-order chi connectivity index (χ1) is 8.26. The Balaban J connectivity index is 2.41. The van der Waals surface area contributed by atoms with Crippen molar-refractivity contribution in [2.45, 2.75) is 12.5 Å². The summed E-state index contributed by atoms with van der Waals surface area (Å²) in [6.07, 6.45) is 4.97. The number of methoxy groups -OCH3 is 1. The van der Waals surface area contributed by atoms with E-state index in [1.165, 1.54) is 12.3 Å². The second-order valence-corrected chi connectivity index (χ2v) is 3.52. The molecule has 0 saturated carbocycles. The Bertz CT molecular complexity index is 339. The summed E-state index contributed by atoms with van der Waals surface area (Å²) in [5, 5.41) is 11.5. The maximum absolute atomic E-state index is 11.5. The lowest BCUT2D eigenvalue weighted by molar-refractivity contribution is -0.117. The zero-order valence-electron chi connectivity index (χ0n) is 9.76. The molecule has 94 valence electrons. The molecule has 0 saturated heterocycles. The summed E-state index contributed by atoms with van der Waals surface area (Å²) in [7, 11) is 1.55. The first-order valence-electron chi connectivity index (χ1n) is 5.38. The number of furan rings is 1. The highest BCUT2D eigenvalue weighted by Gasteiger charge is 2.09. The molecular weight excluding hydrogens is 222 g/mol. The molecular formula is C12H17NO4. The molecule has 5 heteroatoms. The van der Waals surface area contributed by atoms with Crippen LogP contribution < -0.4 is 5.32 Å². The number of ether oxygens (including phenoxy) is 1. The maximum Gasteiger partial charge on any atom is 0.244 e. The third-order valence-electron chi connectivity index (χ3n) is 2.13. The number of rotatable bonds is 7. The third kappa shape index (κ3) is 5.33. The predicted octanol–water partition coefficient (Wildman–Crippen LogP) is 0.806. The summed E-state index contributed by atoms with van der Waals surface area (Å²) in [6.45, 7) is 0.386. The molecule has 1 aromatic heterocycles. The molecule has 0 bridgehead atoms. The van der Waals surface area contributed by atoms with Crippen molar-refractivity contribution in [3.8, 4) is 0 Å². The number of hydrogen-bond donors (Lipinski definition) is 2. The Kier molecular flexibility index (Phi) is 6.06. The topological polar surface area (TPSA) is 71.7 Å². The summed E-state index contributed by atoms with van der Waals surface area (Å²) in [5.74, 6) is 0.377. The number of carbonyl (C=O) groups excluding carboxylic acids is 1. The lowest BCUT2D eigenvalue weighted by Gasteiger charge is -2.15. The molecule has 0 aliphatic heterocycles. The summed E-state index contributed by atoms with van der Waals surface area (Å²) < 4.78 is 9.99. The summed E-state index contributed by atoms with van der Waals surface area (Å²) in [4.78, 5) is 11.5. The molecule has 0 radical (unpaired) electrons.